The van der Waals surface area contributed by atoms with Crippen molar-refractivity contribution in [1.29, 1.82) is 0 Å². The molecule has 1 aliphatic rings. The van der Waals surface area contributed by atoms with Crippen molar-refractivity contribution in [3.8, 4) is 0 Å². The summed E-state index contributed by atoms with van der Waals surface area (Å²) in [7, 11) is 1.04. The van der Waals surface area contributed by atoms with Gasteiger partial charge in [-0.2, -0.15) is 0 Å². The second kappa shape index (κ2) is 6.48. The first kappa shape index (κ1) is 16.5. The third-order valence-electron chi connectivity index (χ3n) is 3.09. The fraction of sp³-hybridized carbons (Fsp3) is 0.417. The number of ether oxygens (including phenoxy) is 1. The zero-order valence-electron chi connectivity index (χ0n) is 10.7. The molecular formula is C12H12Cl2FNO4S. The molecule has 1 saturated heterocycles. The van der Waals surface area contributed by atoms with Crippen LogP contribution < -0.4 is 5.32 Å². The number of rotatable bonds is 3. The van der Waals surface area contributed by atoms with Crippen molar-refractivity contribution in [1.82, 2.24) is 5.32 Å². The number of nitrogens with one attached hydrogen (secondary N) is 1. The lowest BCUT2D eigenvalue weighted by molar-refractivity contribution is 0.0694. The Balaban J connectivity index is 2.28. The molecule has 0 atom stereocenters. The molecule has 1 aromatic carbocycles. The van der Waals surface area contributed by atoms with Gasteiger partial charge in [0.25, 0.3) is 15.0 Å². The minimum Gasteiger partial charge on any atom is -0.381 e. The summed E-state index contributed by atoms with van der Waals surface area (Å²) in [5.41, 5.74) is -0.412. The van der Waals surface area contributed by atoms with Crippen molar-refractivity contribution < 1.29 is 22.3 Å². The molecule has 0 aliphatic carbocycles. The Morgan fingerprint density at radius 2 is 1.95 bits per heavy atom. The van der Waals surface area contributed by atoms with E-state index in [0.29, 0.717) is 26.1 Å². The van der Waals surface area contributed by atoms with E-state index < -0.39 is 31.2 Å². The van der Waals surface area contributed by atoms with Crippen molar-refractivity contribution >= 4 is 37.2 Å². The average molecular weight is 356 g/mol. The van der Waals surface area contributed by atoms with Crippen LogP contribution in [0.25, 0.3) is 0 Å². The van der Waals surface area contributed by atoms with Crippen LogP contribution in [0.3, 0.4) is 0 Å². The second-order valence-electron chi connectivity index (χ2n) is 4.56. The molecule has 1 fully saturated rings. The molecule has 116 valence electrons. The van der Waals surface area contributed by atoms with Gasteiger partial charge in [-0.1, -0.05) is 11.6 Å². The van der Waals surface area contributed by atoms with Crippen LogP contribution in [0.5, 0.6) is 0 Å². The number of amides is 1. The van der Waals surface area contributed by atoms with E-state index in [1.165, 1.54) is 0 Å². The maximum absolute atomic E-state index is 13.8. The summed E-state index contributed by atoms with van der Waals surface area (Å²) in [5, 5.41) is 2.26. The number of halogens is 3. The Labute approximate surface area is 130 Å². The largest absolute Gasteiger partial charge is 0.381 e. The lowest BCUT2D eigenvalue weighted by atomic mass is 10.1. The predicted octanol–water partition coefficient (Wildman–Crippen LogP) is 2.32. The molecule has 1 heterocycles. The van der Waals surface area contributed by atoms with Gasteiger partial charge in [0.1, 0.15) is 10.7 Å². The van der Waals surface area contributed by atoms with Crippen LogP contribution in [0.4, 0.5) is 4.39 Å². The maximum Gasteiger partial charge on any atom is 0.262 e. The van der Waals surface area contributed by atoms with Crippen LogP contribution in [0, 0.1) is 5.82 Å². The summed E-state index contributed by atoms with van der Waals surface area (Å²) < 4.78 is 41.6. The molecule has 1 N–H and O–H groups in total. The molecule has 0 saturated carbocycles. The summed E-state index contributed by atoms with van der Waals surface area (Å²) in [6.45, 7) is 1.02. The topological polar surface area (TPSA) is 72.5 Å². The van der Waals surface area contributed by atoms with Crippen LogP contribution in [-0.4, -0.2) is 33.6 Å². The van der Waals surface area contributed by atoms with Gasteiger partial charge in [-0.15, -0.1) is 0 Å². The van der Waals surface area contributed by atoms with Crippen LogP contribution in [0.2, 0.25) is 5.02 Å². The fourth-order valence-corrected chi connectivity index (χ4v) is 3.50. The Kier molecular flexibility index (Phi) is 5.08. The molecule has 0 bridgehead atoms. The minimum atomic E-state index is -4.17. The van der Waals surface area contributed by atoms with Gasteiger partial charge in [0, 0.05) is 29.9 Å². The smallest absolute Gasteiger partial charge is 0.262 e. The van der Waals surface area contributed by atoms with Crippen molar-refractivity contribution in [2.75, 3.05) is 13.2 Å². The van der Waals surface area contributed by atoms with Crippen molar-refractivity contribution in [3.05, 3.63) is 28.5 Å². The Bertz CT molecular complexity index is 659. The maximum atomic E-state index is 13.8. The number of hydrogen-bond donors (Lipinski definition) is 1. The van der Waals surface area contributed by atoms with E-state index in [1.807, 2.05) is 0 Å². The fourth-order valence-electron chi connectivity index (χ4n) is 2.00. The van der Waals surface area contributed by atoms with Gasteiger partial charge in [-0.05, 0) is 25.0 Å². The minimum absolute atomic E-state index is 0.141. The van der Waals surface area contributed by atoms with Crippen molar-refractivity contribution in [2.45, 2.75) is 23.8 Å². The molecule has 5 nitrogen and oxygen atoms in total. The highest BCUT2D eigenvalue weighted by molar-refractivity contribution is 8.13. The van der Waals surface area contributed by atoms with Crippen molar-refractivity contribution in [3.63, 3.8) is 0 Å². The molecular weight excluding hydrogens is 344 g/mol. The van der Waals surface area contributed by atoms with Gasteiger partial charge in [0.05, 0.1) is 10.6 Å². The lowest BCUT2D eigenvalue weighted by Crippen LogP contribution is -2.39. The van der Waals surface area contributed by atoms with E-state index in [4.69, 9.17) is 27.0 Å². The van der Waals surface area contributed by atoms with E-state index in [1.54, 1.807) is 0 Å². The Hall–Kier alpha value is -0.890. The standard InChI is InChI=1S/C12H12Cl2FNO4S/c13-9-6-10(15)8(5-11(9)21(14,18)19)12(17)16-7-1-3-20-4-2-7/h5-7H,1-4H2,(H,16,17). The van der Waals surface area contributed by atoms with Gasteiger partial charge in [0.15, 0.2) is 0 Å². The van der Waals surface area contributed by atoms with Gasteiger partial charge < -0.3 is 10.1 Å². The highest BCUT2D eigenvalue weighted by Gasteiger charge is 2.23. The zero-order chi connectivity index (χ0) is 15.6. The number of carbonyl (C=O) groups excluding carboxylic acids is 1. The van der Waals surface area contributed by atoms with E-state index >= 15 is 0 Å². The monoisotopic (exact) mass is 355 g/mol. The molecule has 0 radical (unpaired) electrons. The van der Waals surface area contributed by atoms with Gasteiger partial charge in [0.2, 0.25) is 0 Å². The van der Waals surface area contributed by atoms with Gasteiger partial charge >= 0.3 is 0 Å². The third-order valence-corrected chi connectivity index (χ3v) is 4.87. The molecule has 2 rings (SSSR count). The zero-order valence-corrected chi connectivity index (χ0v) is 13.1. The molecule has 9 heteroatoms. The third kappa shape index (κ3) is 4.06. The van der Waals surface area contributed by atoms with Crippen LogP contribution in [0.1, 0.15) is 23.2 Å². The van der Waals surface area contributed by atoms with E-state index in [-0.39, 0.29) is 11.1 Å². The Morgan fingerprint density at radius 1 is 1.33 bits per heavy atom. The summed E-state index contributed by atoms with van der Waals surface area (Å²) in [6, 6.07) is 1.46. The highest BCUT2D eigenvalue weighted by Crippen LogP contribution is 2.27. The van der Waals surface area contributed by atoms with Crippen LogP contribution >= 0.6 is 22.3 Å². The number of carbonyl (C=O) groups is 1. The molecule has 0 aromatic heterocycles. The van der Waals surface area contributed by atoms with E-state index in [2.05, 4.69) is 5.32 Å². The van der Waals surface area contributed by atoms with E-state index in [9.17, 15) is 17.6 Å². The summed E-state index contributed by atoms with van der Waals surface area (Å²) in [6.07, 6.45) is 1.23. The molecule has 1 amide bonds. The molecule has 0 unspecified atom stereocenters. The number of benzene rings is 1. The second-order valence-corrected chi connectivity index (χ2v) is 7.50. The quantitative estimate of drug-likeness (QED) is 0.844. The summed E-state index contributed by atoms with van der Waals surface area (Å²) in [4.78, 5) is 11.6. The van der Waals surface area contributed by atoms with Gasteiger partial charge in [-0.25, -0.2) is 12.8 Å². The average Bonchev–Trinajstić information content (AvgIpc) is 2.38. The summed E-state index contributed by atoms with van der Waals surface area (Å²) in [5.74, 6) is -1.62. The van der Waals surface area contributed by atoms with Crippen LogP contribution in [0.15, 0.2) is 17.0 Å². The van der Waals surface area contributed by atoms with E-state index in [0.717, 1.165) is 12.1 Å². The van der Waals surface area contributed by atoms with Crippen molar-refractivity contribution in [2.24, 2.45) is 0 Å². The first-order valence-electron chi connectivity index (χ1n) is 6.11. The molecule has 21 heavy (non-hydrogen) atoms. The molecule has 1 aliphatic heterocycles. The normalized spacial score (nSPS) is 16.7. The lowest BCUT2D eigenvalue weighted by Gasteiger charge is -2.23. The van der Waals surface area contributed by atoms with Gasteiger partial charge in [-0.3, -0.25) is 4.79 Å². The first-order chi connectivity index (χ1) is 9.79. The first-order valence-corrected chi connectivity index (χ1v) is 8.80. The predicted molar refractivity (Wildman–Crippen MR) is 75.8 cm³/mol. The Morgan fingerprint density at radius 3 is 2.52 bits per heavy atom. The number of hydrogen-bond acceptors (Lipinski definition) is 4. The summed E-state index contributed by atoms with van der Waals surface area (Å²) >= 11 is 5.63. The molecule has 0 spiro atoms. The SMILES string of the molecule is O=C(NC1CCOCC1)c1cc(S(=O)(=O)Cl)c(Cl)cc1F. The van der Waals surface area contributed by atoms with Crippen LogP contribution in [-0.2, 0) is 13.8 Å². The highest BCUT2D eigenvalue weighted by atomic mass is 35.7. The molecule has 1 aromatic rings.